The highest BCUT2D eigenvalue weighted by Gasteiger charge is 2.19. The van der Waals surface area contributed by atoms with Gasteiger partial charge in [0.15, 0.2) is 0 Å². The number of benzene rings is 3. The maximum atomic E-state index is 12.2. The van der Waals surface area contributed by atoms with Crippen molar-refractivity contribution in [3.8, 4) is 16.3 Å². The molecule has 0 spiro atoms. The van der Waals surface area contributed by atoms with Gasteiger partial charge in [0.1, 0.15) is 12.4 Å². The normalized spacial score (nSPS) is 11.1. The van der Waals surface area contributed by atoms with Crippen LogP contribution >= 0.6 is 11.3 Å². The zero-order chi connectivity index (χ0) is 21.4. The number of nitrogens with zero attached hydrogens (tertiary/aromatic N) is 1. The summed E-state index contributed by atoms with van der Waals surface area (Å²) in [5, 5.41) is 11.7. The van der Waals surface area contributed by atoms with Crippen LogP contribution in [0.5, 0.6) is 5.75 Å². The first kappa shape index (κ1) is 19.3. The lowest BCUT2D eigenvalue weighted by molar-refractivity contribution is 0.0698. The Morgan fingerprint density at radius 1 is 1.00 bits per heavy atom. The number of carbonyl (C=O) groups is 1. The molecular formula is C26H19NO3S. The van der Waals surface area contributed by atoms with Crippen LogP contribution in [0.2, 0.25) is 0 Å². The Hall–Kier alpha value is -3.70. The minimum atomic E-state index is -0.997. The van der Waals surface area contributed by atoms with Gasteiger partial charge in [-0.05, 0) is 47.7 Å². The molecule has 31 heavy (non-hydrogen) atoms. The molecule has 0 aliphatic rings. The fourth-order valence-corrected chi connectivity index (χ4v) is 4.98. The summed E-state index contributed by atoms with van der Waals surface area (Å²) in [5.74, 6) is -0.478. The fourth-order valence-electron chi connectivity index (χ4n) is 3.81. The molecule has 0 aliphatic heterocycles. The lowest BCUT2D eigenvalue weighted by Crippen LogP contribution is -2.03. The van der Waals surface area contributed by atoms with Gasteiger partial charge in [0, 0.05) is 4.70 Å². The van der Waals surface area contributed by atoms with Crippen molar-refractivity contribution in [2.24, 2.45) is 0 Å². The fraction of sp³-hybridized carbons (Fsp3) is 0.0769. The van der Waals surface area contributed by atoms with Gasteiger partial charge in [0.25, 0.3) is 0 Å². The number of fused-ring (bicyclic) bond motifs is 2. The summed E-state index contributed by atoms with van der Waals surface area (Å²) in [7, 11) is 0. The molecule has 2 aromatic heterocycles. The van der Waals surface area contributed by atoms with Crippen molar-refractivity contribution < 1.29 is 14.6 Å². The average Bonchev–Trinajstić information content (AvgIpc) is 3.14. The predicted molar refractivity (Wildman–Crippen MR) is 125 cm³/mol. The van der Waals surface area contributed by atoms with E-state index in [4.69, 9.17) is 9.72 Å². The molecule has 152 valence electrons. The minimum absolute atomic E-state index is 0.195. The number of carboxylic acids is 1. The number of ether oxygens (including phenoxy) is 1. The lowest BCUT2D eigenvalue weighted by Gasteiger charge is -2.12. The second kappa shape index (κ2) is 7.85. The van der Waals surface area contributed by atoms with E-state index in [0.29, 0.717) is 29.0 Å². The maximum absolute atomic E-state index is 12.2. The van der Waals surface area contributed by atoms with E-state index >= 15 is 0 Å². The van der Waals surface area contributed by atoms with Crippen LogP contribution in [0.15, 0.2) is 78.9 Å². The van der Waals surface area contributed by atoms with Crippen LogP contribution < -0.4 is 4.74 Å². The molecule has 0 bridgehead atoms. The molecule has 0 radical (unpaired) electrons. The summed E-state index contributed by atoms with van der Waals surface area (Å²) in [4.78, 5) is 18.0. The highest BCUT2D eigenvalue weighted by Crippen LogP contribution is 2.39. The standard InChI is InChI=1S/C26H19NO3S/c1-16-18-10-5-6-13-23(18)31-25(16)21-14-19(26(28)29)24-20(27-21)11-7-12-22(24)30-15-17-8-3-2-4-9-17/h2-14H,15H2,1H3,(H,28,29). The summed E-state index contributed by atoms with van der Waals surface area (Å²) in [5.41, 5.74) is 3.60. The zero-order valence-corrected chi connectivity index (χ0v) is 17.6. The Morgan fingerprint density at radius 2 is 1.77 bits per heavy atom. The molecular weight excluding hydrogens is 406 g/mol. The van der Waals surface area contributed by atoms with E-state index in [1.54, 1.807) is 23.5 Å². The van der Waals surface area contributed by atoms with Crippen molar-refractivity contribution in [3.63, 3.8) is 0 Å². The topological polar surface area (TPSA) is 59.4 Å². The van der Waals surface area contributed by atoms with Crippen LogP contribution in [0.1, 0.15) is 21.5 Å². The molecule has 5 heteroatoms. The van der Waals surface area contributed by atoms with Crippen molar-refractivity contribution in [3.05, 3.63) is 95.6 Å². The van der Waals surface area contributed by atoms with Crippen LogP contribution in [0.4, 0.5) is 0 Å². The third kappa shape index (κ3) is 3.53. The first-order valence-electron chi connectivity index (χ1n) is 9.94. The van der Waals surface area contributed by atoms with Crippen LogP contribution in [-0.2, 0) is 6.61 Å². The van der Waals surface area contributed by atoms with Gasteiger partial charge in [-0.25, -0.2) is 9.78 Å². The number of aromatic nitrogens is 1. The number of rotatable bonds is 5. The number of pyridine rings is 1. The number of carboxylic acid groups (broad SMARTS) is 1. The second-order valence-corrected chi connectivity index (χ2v) is 8.39. The van der Waals surface area contributed by atoms with E-state index in [2.05, 4.69) is 19.1 Å². The summed E-state index contributed by atoms with van der Waals surface area (Å²) in [6.07, 6.45) is 0. The Labute approximate surface area is 183 Å². The van der Waals surface area contributed by atoms with E-state index in [9.17, 15) is 9.90 Å². The molecule has 3 aromatic carbocycles. The molecule has 0 atom stereocenters. The predicted octanol–water partition coefficient (Wildman–Crippen LogP) is 6.70. The first-order valence-corrected chi connectivity index (χ1v) is 10.8. The third-order valence-electron chi connectivity index (χ3n) is 5.34. The molecule has 2 heterocycles. The molecule has 5 rings (SSSR count). The lowest BCUT2D eigenvalue weighted by atomic mass is 10.0. The SMILES string of the molecule is Cc1c(-c2cc(C(=O)O)c3c(OCc4ccccc4)cccc3n2)sc2ccccc12. The van der Waals surface area contributed by atoms with E-state index in [0.717, 1.165) is 20.7 Å². The van der Waals surface area contributed by atoms with Crippen LogP contribution in [0, 0.1) is 6.92 Å². The Bertz CT molecular complexity index is 1420. The average molecular weight is 426 g/mol. The van der Waals surface area contributed by atoms with Gasteiger partial charge in [-0.15, -0.1) is 11.3 Å². The Balaban J connectivity index is 1.64. The Morgan fingerprint density at radius 3 is 2.55 bits per heavy atom. The summed E-state index contributed by atoms with van der Waals surface area (Å²) in [6, 6.07) is 25.1. The first-order chi connectivity index (χ1) is 15.1. The van der Waals surface area contributed by atoms with E-state index in [1.807, 2.05) is 54.6 Å². The number of thiophene rings is 1. The molecule has 0 unspecified atom stereocenters. The monoisotopic (exact) mass is 425 g/mol. The maximum Gasteiger partial charge on any atom is 0.336 e. The van der Waals surface area contributed by atoms with Crippen molar-refractivity contribution >= 4 is 38.3 Å². The second-order valence-electron chi connectivity index (χ2n) is 7.34. The van der Waals surface area contributed by atoms with Gasteiger partial charge in [0.05, 0.1) is 27.0 Å². The van der Waals surface area contributed by atoms with E-state index < -0.39 is 5.97 Å². The van der Waals surface area contributed by atoms with Crippen LogP contribution in [0.25, 0.3) is 31.6 Å². The molecule has 0 fully saturated rings. The van der Waals surface area contributed by atoms with Gasteiger partial charge < -0.3 is 9.84 Å². The zero-order valence-electron chi connectivity index (χ0n) is 16.8. The minimum Gasteiger partial charge on any atom is -0.488 e. The molecule has 0 saturated heterocycles. The van der Waals surface area contributed by atoms with Gasteiger partial charge in [-0.3, -0.25) is 0 Å². The van der Waals surface area contributed by atoms with Crippen molar-refractivity contribution in [1.82, 2.24) is 4.98 Å². The van der Waals surface area contributed by atoms with Crippen LogP contribution in [-0.4, -0.2) is 16.1 Å². The number of hydrogen-bond donors (Lipinski definition) is 1. The summed E-state index contributed by atoms with van der Waals surface area (Å²) in [6.45, 7) is 2.41. The number of hydrogen-bond acceptors (Lipinski definition) is 4. The Kier molecular flexibility index (Phi) is 4.88. The van der Waals surface area contributed by atoms with Gasteiger partial charge in [-0.1, -0.05) is 54.6 Å². The largest absolute Gasteiger partial charge is 0.488 e. The molecule has 0 aliphatic carbocycles. The van der Waals surface area contributed by atoms with Crippen molar-refractivity contribution in [2.45, 2.75) is 13.5 Å². The van der Waals surface area contributed by atoms with Crippen LogP contribution in [0.3, 0.4) is 0 Å². The molecule has 0 saturated carbocycles. The molecule has 4 nitrogen and oxygen atoms in total. The van der Waals surface area contributed by atoms with Gasteiger partial charge >= 0.3 is 5.97 Å². The number of aromatic carboxylic acids is 1. The smallest absolute Gasteiger partial charge is 0.336 e. The molecule has 1 N–H and O–H groups in total. The third-order valence-corrected chi connectivity index (χ3v) is 6.63. The van der Waals surface area contributed by atoms with E-state index in [-0.39, 0.29) is 5.56 Å². The van der Waals surface area contributed by atoms with E-state index in [1.165, 1.54) is 5.39 Å². The highest BCUT2D eigenvalue weighted by molar-refractivity contribution is 7.22. The molecule has 0 amide bonds. The number of aryl methyl sites for hydroxylation is 1. The summed E-state index contributed by atoms with van der Waals surface area (Å²) >= 11 is 1.63. The summed E-state index contributed by atoms with van der Waals surface area (Å²) < 4.78 is 7.17. The van der Waals surface area contributed by atoms with Gasteiger partial charge in [-0.2, -0.15) is 0 Å². The highest BCUT2D eigenvalue weighted by atomic mass is 32.1. The van der Waals surface area contributed by atoms with Crippen molar-refractivity contribution in [2.75, 3.05) is 0 Å². The molecule has 5 aromatic rings. The quantitative estimate of drug-likeness (QED) is 0.340. The van der Waals surface area contributed by atoms with Crippen molar-refractivity contribution in [1.29, 1.82) is 0 Å². The van der Waals surface area contributed by atoms with Gasteiger partial charge in [0.2, 0.25) is 0 Å².